The van der Waals surface area contributed by atoms with Gasteiger partial charge in [-0.3, -0.25) is 9.88 Å². The smallest absolute Gasteiger partial charge is 0.315 e. The fraction of sp³-hybridized carbons (Fsp3) is 0.667. The molecule has 1 aromatic rings. The van der Waals surface area contributed by atoms with Crippen LogP contribution in [0.2, 0.25) is 0 Å². The lowest BCUT2D eigenvalue weighted by atomic mass is 9.95. The minimum absolute atomic E-state index is 0.0799. The van der Waals surface area contributed by atoms with Gasteiger partial charge in [-0.05, 0) is 44.7 Å². The van der Waals surface area contributed by atoms with Crippen molar-refractivity contribution >= 4 is 6.03 Å². The van der Waals surface area contributed by atoms with Crippen LogP contribution in [0.4, 0.5) is 4.79 Å². The normalized spacial score (nSPS) is 18.8. The van der Waals surface area contributed by atoms with Crippen LogP contribution >= 0.6 is 0 Å². The first-order valence-corrected chi connectivity index (χ1v) is 8.86. The standard InChI is InChI=1S/C18H30N4O2/c1-3-18(2,9-13-23)21-17(24)20-15-7-11-22(12-8-15)14-16-6-4-5-10-19-16/h4-6,10,15,23H,3,7-9,11-14H2,1-2H3,(H2,20,21,24). The zero-order chi connectivity index (χ0) is 17.4. The molecule has 1 unspecified atom stereocenters. The quantitative estimate of drug-likeness (QED) is 0.712. The largest absolute Gasteiger partial charge is 0.396 e. The maximum atomic E-state index is 12.2. The lowest BCUT2D eigenvalue weighted by Crippen LogP contribution is -2.54. The second-order valence-electron chi connectivity index (χ2n) is 6.86. The Morgan fingerprint density at radius 3 is 2.75 bits per heavy atom. The SMILES string of the molecule is CCC(C)(CCO)NC(=O)NC1CCN(Cc2ccccn2)CC1. The molecule has 0 spiro atoms. The van der Waals surface area contributed by atoms with Crippen molar-refractivity contribution in [1.82, 2.24) is 20.5 Å². The Balaban J connectivity index is 1.73. The van der Waals surface area contributed by atoms with E-state index in [2.05, 4.69) is 20.5 Å². The molecule has 1 aliphatic rings. The van der Waals surface area contributed by atoms with Gasteiger partial charge in [-0.2, -0.15) is 0 Å². The molecule has 0 aliphatic carbocycles. The van der Waals surface area contributed by atoms with Gasteiger partial charge in [0.05, 0.1) is 5.69 Å². The number of aliphatic hydroxyl groups excluding tert-OH is 1. The number of carbonyl (C=O) groups excluding carboxylic acids is 1. The Morgan fingerprint density at radius 1 is 1.42 bits per heavy atom. The number of hydrogen-bond acceptors (Lipinski definition) is 4. The monoisotopic (exact) mass is 334 g/mol. The van der Waals surface area contributed by atoms with Gasteiger partial charge in [-0.25, -0.2) is 4.79 Å². The number of nitrogens with one attached hydrogen (secondary N) is 2. The number of aliphatic hydroxyl groups is 1. The molecule has 1 saturated heterocycles. The summed E-state index contributed by atoms with van der Waals surface area (Å²) in [6.07, 6.45) is 5.08. The highest BCUT2D eigenvalue weighted by molar-refractivity contribution is 5.75. The van der Waals surface area contributed by atoms with E-state index in [1.165, 1.54) is 0 Å². The third kappa shape index (κ3) is 5.76. The maximum Gasteiger partial charge on any atom is 0.315 e. The van der Waals surface area contributed by atoms with Gasteiger partial charge in [-0.15, -0.1) is 0 Å². The summed E-state index contributed by atoms with van der Waals surface area (Å²) in [5.41, 5.74) is 0.739. The number of aromatic nitrogens is 1. The molecule has 0 aromatic carbocycles. The highest BCUT2D eigenvalue weighted by Gasteiger charge is 2.26. The van der Waals surface area contributed by atoms with Gasteiger partial charge in [0.1, 0.15) is 0 Å². The molecule has 24 heavy (non-hydrogen) atoms. The van der Waals surface area contributed by atoms with Crippen molar-refractivity contribution in [1.29, 1.82) is 0 Å². The number of rotatable bonds is 7. The van der Waals surface area contributed by atoms with E-state index in [-0.39, 0.29) is 24.2 Å². The van der Waals surface area contributed by atoms with Crippen LogP contribution in [0, 0.1) is 0 Å². The summed E-state index contributed by atoms with van der Waals surface area (Å²) in [7, 11) is 0. The second kappa shape index (κ2) is 8.99. The molecule has 1 atom stereocenters. The molecule has 3 N–H and O–H groups in total. The number of pyridine rings is 1. The van der Waals surface area contributed by atoms with E-state index < -0.39 is 0 Å². The van der Waals surface area contributed by atoms with E-state index in [1.807, 2.05) is 38.2 Å². The number of hydrogen-bond donors (Lipinski definition) is 3. The molecule has 1 fully saturated rings. The van der Waals surface area contributed by atoms with Gasteiger partial charge in [0.15, 0.2) is 0 Å². The summed E-state index contributed by atoms with van der Waals surface area (Å²) >= 11 is 0. The first kappa shape index (κ1) is 18.7. The summed E-state index contributed by atoms with van der Waals surface area (Å²) in [6, 6.07) is 6.07. The summed E-state index contributed by atoms with van der Waals surface area (Å²) in [5, 5.41) is 15.2. The molecular weight excluding hydrogens is 304 g/mol. The van der Waals surface area contributed by atoms with Crippen LogP contribution in [-0.2, 0) is 6.54 Å². The average molecular weight is 334 g/mol. The molecular formula is C18H30N4O2. The van der Waals surface area contributed by atoms with E-state index in [0.29, 0.717) is 6.42 Å². The van der Waals surface area contributed by atoms with E-state index >= 15 is 0 Å². The Morgan fingerprint density at radius 2 is 2.17 bits per heavy atom. The van der Waals surface area contributed by atoms with Gasteiger partial charge >= 0.3 is 6.03 Å². The van der Waals surface area contributed by atoms with Crippen molar-refractivity contribution in [3.8, 4) is 0 Å². The predicted molar refractivity (Wildman–Crippen MR) is 94.6 cm³/mol. The van der Waals surface area contributed by atoms with Crippen LogP contribution in [-0.4, -0.2) is 52.3 Å². The van der Waals surface area contributed by atoms with Crippen molar-refractivity contribution in [3.05, 3.63) is 30.1 Å². The summed E-state index contributed by atoms with van der Waals surface area (Å²) in [4.78, 5) is 18.9. The first-order valence-electron chi connectivity index (χ1n) is 8.86. The number of piperidine rings is 1. The van der Waals surface area contributed by atoms with Gasteiger partial charge in [-0.1, -0.05) is 13.0 Å². The third-order valence-electron chi connectivity index (χ3n) is 4.89. The van der Waals surface area contributed by atoms with Crippen molar-refractivity contribution < 1.29 is 9.90 Å². The molecule has 1 aliphatic heterocycles. The Hall–Kier alpha value is -1.66. The molecule has 0 saturated carbocycles. The molecule has 2 heterocycles. The molecule has 6 nitrogen and oxygen atoms in total. The van der Waals surface area contributed by atoms with E-state index in [0.717, 1.165) is 44.6 Å². The summed E-state index contributed by atoms with van der Waals surface area (Å²) in [5.74, 6) is 0. The van der Waals surface area contributed by atoms with Gasteiger partial charge in [0.2, 0.25) is 0 Å². The van der Waals surface area contributed by atoms with Crippen LogP contribution in [0.15, 0.2) is 24.4 Å². The maximum absolute atomic E-state index is 12.2. The molecule has 2 rings (SSSR count). The van der Waals surface area contributed by atoms with Crippen LogP contribution in [0.5, 0.6) is 0 Å². The lowest BCUT2D eigenvalue weighted by molar-refractivity contribution is 0.176. The predicted octanol–water partition coefficient (Wildman–Crippen LogP) is 1.90. The van der Waals surface area contributed by atoms with E-state index in [1.54, 1.807) is 0 Å². The second-order valence-corrected chi connectivity index (χ2v) is 6.86. The Kier molecular flexibility index (Phi) is 6.99. The van der Waals surface area contributed by atoms with Gasteiger partial charge in [0.25, 0.3) is 0 Å². The average Bonchev–Trinajstić information content (AvgIpc) is 2.57. The molecule has 6 heteroatoms. The number of nitrogens with zero attached hydrogens (tertiary/aromatic N) is 2. The topological polar surface area (TPSA) is 77.5 Å². The van der Waals surface area contributed by atoms with Crippen molar-refractivity contribution in [2.45, 2.75) is 57.7 Å². The highest BCUT2D eigenvalue weighted by Crippen LogP contribution is 2.15. The lowest BCUT2D eigenvalue weighted by Gasteiger charge is -2.34. The van der Waals surface area contributed by atoms with Crippen LogP contribution in [0.1, 0.15) is 45.2 Å². The zero-order valence-corrected chi connectivity index (χ0v) is 14.8. The van der Waals surface area contributed by atoms with Crippen LogP contribution < -0.4 is 10.6 Å². The minimum Gasteiger partial charge on any atom is -0.396 e. The number of likely N-dealkylation sites (tertiary alicyclic amines) is 1. The molecule has 2 amide bonds. The van der Waals surface area contributed by atoms with E-state index in [9.17, 15) is 4.79 Å². The van der Waals surface area contributed by atoms with Gasteiger partial charge < -0.3 is 15.7 Å². The minimum atomic E-state index is -0.349. The molecule has 0 radical (unpaired) electrons. The van der Waals surface area contributed by atoms with Crippen LogP contribution in [0.25, 0.3) is 0 Å². The fourth-order valence-corrected chi connectivity index (χ4v) is 3.03. The third-order valence-corrected chi connectivity index (χ3v) is 4.89. The fourth-order valence-electron chi connectivity index (χ4n) is 3.03. The Labute approximate surface area is 144 Å². The van der Waals surface area contributed by atoms with Gasteiger partial charge in [0, 0.05) is 44.0 Å². The summed E-state index contributed by atoms with van der Waals surface area (Å²) in [6.45, 7) is 6.86. The number of urea groups is 1. The van der Waals surface area contributed by atoms with Crippen LogP contribution in [0.3, 0.4) is 0 Å². The zero-order valence-electron chi connectivity index (χ0n) is 14.8. The Bertz CT molecular complexity index is 503. The molecule has 0 bridgehead atoms. The molecule has 1 aromatic heterocycles. The van der Waals surface area contributed by atoms with Crippen molar-refractivity contribution in [3.63, 3.8) is 0 Å². The van der Waals surface area contributed by atoms with E-state index in [4.69, 9.17) is 5.11 Å². The first-order chi connectivity index (χ1) is 11.5. The highest BCUT2D eigenvalue weighted by atomic mass is 16.3. The molecule has 134 valence electrons. The van der Waals surface area contributed by atoms with Crippen molar-refractivity contribution in [2.24, 2.45) is 0 Å². The van der Waals surface area contributed by atoms with Crippen molar-refractivity contribution in [2.75, 3.05) is 19.7 Å². The number of carbonyl (C=O) groups is 1. The summed E-state index contributed by atoms with van der Waals surface area (Å²) < 4.78 is 0. The number of amides is 2.